The molecule has 1 aromatic rings. The van der Waals surface area contributed by atoms with Gasteiger partial charge in [-0.05, 0) is 24.9 Å². The van der Waals surface area contributed by atoms with Crippen LogP contribution in [0.15, 0.2) is 6.20 Å². The van der Waals surface area contributed by atoms with Crippen LogP contribution < -0.4 is 10.6 Å². The Morgan fingerprint density at radius 3 is 3.00 bits per heavy atom. The van der Waals surface area contributed by atoms with Crippen LogP contribution in [0.2, 0.25) is 0 Å². The summed E-state index contributed by atoms with van der Waals surface area (Å²) in [7, 11) is 0. The summed E-state index contributed by atoms with van der Waals surface area (Å²) in [6.45, 7) is 2.34. The SMILES string of the molecule is O=C(O)NCC1(c2cnsn2)[C@@H]2CNC[C@@H]21. The fourth-order valence-corrected chi connectivity index (χ4v) is 3.47. The van der Waals surface area contributed by atoms with Gasteiger partial charge in [0.25, 0.3) is 0 Å². The van der Waals surface area contributed by atoms with Crippen LogP contribution >= 0.6 is 11.7 Å². The van der Waals surface area contributed by atoms with Crippen LogP contribution in [0.3, 0.4) is 0 Å². The van der Waals surface area contributed by atoms with E-state index >= 15 is 0 Å². The molecule has 2 heterocycles. The number of nitrogens with one attached hydrogen (secondary N) is 2. The van der Waals surface area contributed by atoms with Crippen molar-refractivity contribution in [2.45, 2.75) is 5.41 Å². The molecule has 1 saturated carbocycles. The summed E-state index contributed by atoms with van der Waals surface area (Å²) in [5.41, 5.74) is 0.846. The Labute approximate surface area is 96.4 Å². The van der Waals surface area contributed by atoms with Gasteiger partial charge in [0.15, 0.2) is 0 Å². The number of fused-ring (bicyclic) bond motifs is 1. The molecular weight excluding hydrogens is 228 g/mol. The van der Waals surface area contributed by atoms with Gasteiger partial charge in [-0.3, -0.25) is 0 Å². The fraction of sp³-hybridized carbons (Fsp3) is 0.667. The Hall–Kier alpha value is -1.21. The van der Waals surface area contributed by atoms with Crippen LogP contribution in [0.5, 0.6) is 0 Å². The molecule has 3 N–H and O–H groups in total. The third-order valence-corrected chi connectivity index (χ3v) is 4.28. The van der Waals surface area contributed by atoms with E-state index in [4.69, 9.17) is 5.11 Å². The number of nitrogens with zero attached hydrogens (tertiary/aromatic N) is 2. The van der Waals surface area contributed by atoms with E-state index in [-0.39, 0.29) is 5.41 Å². The molecule has 1 aliphatic heterocycles. The maximum atomic E-state index is 10.6. The number of carboxylic acid groups (broad SMARTS) is 1. The summed E-state index contributed by atoms with van der Waals surface area (Å²) in [6, 6.07) is 0. The van der Waals surface area contributed by atoms with Gasteiger partial charge in [0.1, 0.15) is 0 Å². The Balaban J connectivity index is 1.83. The van der Waals surface area contributed by atoms with Crippen LogP contribution in [0.1, 0.15) is 5.69 Å². The number of amides is 1. The van der Waals surface area contributed by atoms with Crippen LogP contribution in [-0.4, -0.2) is 39.6 Å². The highest BCUT2D eigenvalue weighted by atomic mass is 32.1. The zero-order chi connectivity index (χ0) is 11.2. The maximum absolute atomic E-state index is 10.6. The monoisotopic (exact) mass is 240 g/mol. The lowest BCUT2D eigenvalue weighted by atomic mass is 9.96. The summed E-state index contributed by atoms with van der Waals surface area (Å²) in [5, 5.41) is 14.5. The molecule has 16 heavy (non-hydrogen) atoms. The second kappa shape index (κ2) is 3.39. The van der Waals surface area contributed by atoms with Crippen molar-refractivity contribution in [1.82, 2.24) is 19.4 Å². The number of piperidine rings is 1. The van der Waals surface area contributed by atoms with Gasteiger partial charge in [0.2, 0.25) is 0 Å². The first-order chi connectivity index (χ1) is 7.75. The molecule has 6 nitrogen and oxygen atoms in total. The molecule has 2 aliphatic rings. The van der Waals surface area contributed by atoms with E-state index in [9.17, 15) is 4.79 Å². The summed E-state index contributed by atoms with van der Waals surface area (Å²) >= 11 is 1.18. The van der Waals surface area contributed by atoms with E-state index in [1.54, 1.807) is 6.20 Å². The van der Waals surface area contributed by atoms with Crippen LogP contribution in [0.4, 0.5) is 4.79 Å². The Bertz CT molecular complexity index is 398. The zero-order valence-electron chi connectivity index (χ0n) is 8.51. The smallest absolute Gasteiger partial charge is 0.404 e. The van der Waals surface area contributed by atoms with Crippen molar-refractivity contribution < 1.29 is 9.90 Å². The molecule has 86 valence electrons. The molecule has 0 bridgehead atoms. The van der Waals surface area contributed by atoms with Gasteiger partial charge in [-0.1, -0.05) is 0 Å². The molecule has 0 spiro atoms. The van der Waals surface area contributed by atoms with E-state index in [0.717, 1.165) is 18.8 Å². The minimum atomic E-state index is -0.972. The quantitative estimate of drug-likeness (QED) is 0.686. The first-order valence-electron chi connectivity index (χ1n) is 5.20. The molecule has 1 aromatic heterocycles. The average molecular weight is 240 g/mol. The van der Waals surface area contributed by atoms with Crippen molar-refractivity contribution in [3.8, 4) is 0 Å². The number of aromatic nitrogens is 2. The van der Waals surface area contributed by atoms with Gasteiger partial charge in [0.05, 0.1) is 23.6 Å². The first-order valence-corrected chi connectivity index (χ1v) is 5.94. The van der Waals surface area contributed by atoms with E-state index in [1.165, 1.54) is 11.7 Å². The first kappa shape index (κ1) is 9.98. The second-order valence-corrected chi connectivity index (χ2v) is 4.92. The molecule has 3 rings (SSSR count). The van der Waals surface area contributed by atoms with E-state index < -0.39 is 6.09 Å². The van der Waals surface area contributed by atoms with Crippen molar-refractivity contribution >= 4 is 17.8 Å². The lowest BCUT2D eigenvalue weighted by Gasteiger charge is -2.18. The van der Waals surface area contributed by atoms with Crippen LogP contribution in [-0.2, 0) is 5.41 Å². The number of hydrogen-bond acceptors (Lipinski definition) is 5. The highest BCUT2D eigenvalue weighted by Crippen LogP contribution is 2.60. The van der Waals surface area contributed by atoms with Gasteiger partial charge in [-0.15, -0.1) is 0 Å². The van der Waals surface area contributed by atoms with Gasteiger partial charge in [0, 0.05) is 12.0 Å². The predicted molar refractivity (Wildman–Crippen MR) is 57.5 cm³/mol. The topological polar surface area (TPSA) is 87.1 Å². The van der Waals surface area contributed by atoms with Crippen LogP contribution in [0.25, 0.3) is 0 Å². The van der Waals surface area contributed by atoms with Gasteiger partial charge in [-0.2, -0.15) is 8.75 Å². The normalized spacial score (nSPS) is 35.8. The second-order valence-electron chi connectivity index (χ2n) is 4.36. The summed E-state index contributed by atoms with van der Waals surface area (Å²) in [6.07, 6.45) is 0.799. The molecule has 2 fully saturated rings. The molecule has 0 radical (unpaired) electrons. The summed E-state index contributed by atoms with van der Waals surface area (Å²) in [5.74, 6) is 1.01. The maximum Gasteiger partial charge on any atom is 0.404 e. The highest BCUT2D eigenvalue weighted by Gasteiger charge is 2.68. The molecule has 0 aromatic carbocycles. The lowest BCUT2D eigenvalue weighted by Crippen LogP contribution is -2.37. The molecule has 1 aliphatic carbocycles. The Morgan fingerprint density at radius 2 is 2.44 bits per heavy atom. The molecule has 1 amide bonds. The van der Waals surface area contributed by atoms with Crippen molar-refractivity contribution in [3.05, 3.63) is 11.9 Å². The van der Waals surface area contributed by atoms with Crippen molar-refractivity contribution in [2.24, 2.45) is 11.8 Å². The molecule has 1 saturated heterocycles. The zero-order valence-corrected chi connectivity index (χ0v) is 9.33. The molecule has 3 atom stereocenters. The van der Waals surface area contributed by atoms with E-state index in [0.29, 0.717) is 18.4 Å². The molecular formula is C9H12N4O2S. The van der Waals surface area contributed by atoms with Gasteiger partial charge < -0.3 is 15.7 Å². The summed E-state index contributed by atoms with van der Waals surface area (Å²) in [4.78, 5) is 10.6. The lowest BCUT2D eigenvalue weighted by molar-refractivity contribution is 0.192. The van der Waals surface area contributed by atoms with Crippen molar-refractivity contribution in [1.29, 1.82) is 0 Å². The third-order valence-electron chi connectivity index (χ3n) is 3.80. The van der Waals surface area contributed by atoms with E-state index in [1.807, 2.05) is 0 Å². The standard InChI is InChI=1S/C9H12N4O2S/c14-8(15)11-4-9(7-3-12-16-13-7)5-1-10-2-6(5)9/h3,5-6,10-11H,1-2,4H2,(H,14,15)/t5-,6+,9?. The third kappa shape index (κ3) is 1.24. The number of rotatable bonds is 3. The predicted octanol–water partition coefficient (Wildman–Crippen LogP) is -0.107. The fourth-order valence-electron chi connectivity index (χ4n) is 2.97. The number of hydrogen-bond donors (Lipinski definition) is 3. The Kier molecular flexibility index (Phi) is 2.11. The van der Waals surface area contributed by atoms with Crippen molar-refractivity contribution in [3.63, 3.8) is 0 Å². The van der Waals surface area contributed by atoms with E-state index in [2.05, 4.69) is 19.4 Å². The summed E-state index contributed by atoms with van der Waals surface area (Å²) < 4.78 is 8.30. The average Bonchev–Trinajstić information content (AvgIpc) is 2.76. The van der Waals surface area contributed by atoms with Gasteiger partial charge >= 0.3 is 6.09 Å². The largest absolute Gasteiger partial charge is 0.465 e. The van der Waals surface area contributed by atoms with Gasteiger partial charge in [-0.25, -0.2) is 4.79 Å². The molecule has 7 heteroatoms. The van der Waals surface area contributed by atoms with Crippen LogP contribution in [0, 0.1) is 11.8 Å². The number of carbonyl (C=O) groups is 1. The minimum absolute atomic E-state index is 0.101. The van der Waals surface area contributed by atoms with Crippen molar-refractivity contribution in [2.75, 3.05) is 19.6 Å². The Morgan fingerprint density at radius 1 is 1.69 bits per heavy atom. The molecule has 1 unspecified atom stereocenters. The highest BCUT2D eigenvalue weighted by molar-refractivity contribution is 6.99. The minimum Gasteiger partial charge on any atom is -0.465 e.